The summed E-state index contributed by atoms with van der Waals surface area (Å²) >= 11 is 7.98. The van der Waals surface area contributed by atoms with Crippen LogP contribution < -0.4 is 5.32 Å². The minimum absolute atomic E-state index is 0.403. The first kappa shape index (κ1) is 16.4. The van der Waals surface area contributed by atoms with Crippen LogP contribution in [0.4, 0.5) is 0 Å². The van der Waals surface area contributed by atoms with Gasteiger partial charge >= 0.3 is 0 Å². The van der Waals surface area contributed by atoms with Gasteiger partial charge in [-0.15, -0.1) is 0 Å². The van der Waals surface area contributed by atoms with E-state index in [1.807, 2.05) is 43.8 Å². The summed E-state index contributed by atoms with van der Waals surface area (Å²) in [6.07, 6.45) is 0.826. The molecule has 104 valence electrons. The molecule has 0 aliphatic heterocycles. The molecule has 0 fully saturated rings. The SMILES string of the molecule is CCNC(C)(C#N)CC(C)SCc1ccccc1Cl. The Hall–Kier alpha value is -0.690. The van der Waals surface area contributed by atoms with Crippen LogP contribution in [0.1, 0.15) is 32.8 Å². The van der Waals surface area contributed by atoms with Crippen molar-refractivity contribution >= 4 is 23.4 Å². The average molecular weight is 297 g/mol. The highest BCUT2D eigenvalue weighted by Crippen LogP contribution is 2.27. The third kappa shape index (κ3) is 5.44. The Kier molecular flexibility index (Phi) is 6.71. The van der Waals surface area contributed by atoms with Crippen LogP contribution in [-0.2, 0) is 5.75 Å². The third-order valence-corrected chi connectivity index (χ3v) is 4.57. The average Bonchev–Trinajstić information content (AvgIpc) is 2.38. The molecule has 0 aliphatic rings. The van der Waals surface area contributed by atoms with E-state index in [0.717, 1.165) is 29.3 Å². The largest absolute Gasteiger partial charge is 0.300 e. The van der Waals surface area contributed by atoms with Crippen molar-refractivity contribution in [3.63, 3.8) is 0 Å². The number of thioether (sulfide) groups is 1. The van der Waals surface area contributed by atoms with Crippen LogP contribution in [0.2, 0.25) is 5.02 Å². The predicted octanol–water partition coefficient (Wildman–Crippen LogP) is 4.24. The van der Waals surface area contributed by atoms with Gasteiger partial charge in [-0.1, -0.05) is 43.6 Å². The van der Waals surface area contributed by atoms with Crippen molar-refractivity contribution in [2.24, 2.45) is 0 Å². The summed E-state index contributed by atoms with van der Waals surface area (Å²) < 4.78 is 0. The van der Waals surface area contributed by atoms with Gasteiger partial charge in [0.1, 0.15) is 5.54 Å². The quantitative estimate of drug-likeness (QED) is 0.817. The maximum atomic E-state index is 9.25. The number of nitrogens with one attached hydrogen (secondary N) is 1. The molecule has 19 heavy (non-hydrogen) atoms. The van der Waals surface area contributed by atoms with E-state index in [1.165, 1.54) is 0 Å². The molecule has 0 saturated carbocycles. The molecular weight excluding hydrogens is 276 g/mol. The van der Waals surface area contributed by atoms with Gasteiger partial charge in [0.25, 0.3) is 0 Å². The molecule has 1 aromatic carbocycles. The second-order valence-corrected chi connectivity index (χ2v) is 6.73. The summed E-state index contributed by atoms with van der Waals surface area (Å²) in [5, 5.41) is 13.7. The molecule has 1 N–H and O–H groups in total. The molecule has 0 saturated heterocycles. The maximum absolute atomic E-state index is 9.25. The molecule has 1 rings (SSSR count). The molecule has 2 unspecified atom stereocenters. The fraction of sp³-hybridized carbons (Fsp3) is 0.533. The maximum Gasteiger partial charge on any atom is 0.104 e. The van der Waals surface area contributed by atoms with Gasteiger partial charge in [0.05, 0.1) is 6.07 Å². The van der Waals surface area contributed by atoms with Gasteiger partial charge in [-0.2, -0.15) is 17.0 Å². The van der Waals surface area contributed by atoms with E-state index in [9.17, 15) is 5.26 Å². The van der Waals surface area contributed by atoms with Crippen LogP contribution in [-0.4, -0.2) is 17.3 Å². The number of nitrogens with zero attached hydrogens (tertiary/aromatic N) is 1. The lowest BCUT2D eigenvalue weighted by molar-refractivity contribution is 0.429. The molecule has 0 spiro atoms. The second-order valence-electron chi connectivity index (χ2n) is 4.89. The predicted molar refractivity (Wildman–Crippen MR) is 84.5 cm³/mol. The zero-order valence-electron chi connectivity index (χ0n) is 11.7. The Balaban J connectivity index is 2.50. The lowest BCUT2D eigenvalue weighted by atomic mass is 9.98. The van der Waals surface area contributed by atoms with Crippen molar-refractivity contribution in [2.45, 2.75) is 43.7 Å². The summed E-state index contributed by atoms with van der Waals surface area (Å²) in [6.45, 7) is 6.96. The molecule has 4 heteroatoms. The minimum Gasteiger partial charge on any atom is -0.300 e. The zero-order valence-corrected chi connectivity index (χ0v) is 13.3. The van der Waals surface area contributed by atoms with Gasteiger partial charge in [-0.3, -0.25) is 5.32 Å². The van der Waals surface area contributed by atoms with Crippen LogP contribution in [0.15, 0.2) is 24.3 Å². The normalized spacial score (nSPS) is 15.5. The minimum atomic E-state index is -0.443. The van der Waals surface area contributed by atoms with Crippen LogP contribution in [0, 0.1) is 11.3 Å². The number of hydrogen-bond donors (Lipinski definition) is 1. The second kappa shape index (κ2) is 7.79. The van der Waals surface area contributed by atoms with Gasteiger partial charge in [0.15, 0.2) is 0 Å². The van der Waals surface area contributed by atoms with Crippen LogP contribution in [0.5, 0.6) is 0 Å². The lowest BCUT2D eigenvalue weighted by Gasteiger charge is -2.25. The van der Waals surface area contributed by atoms with Crippen molar-refractivity contribution < 1.29 is 0 Å². The van der Waals surface area contributed by atoms with E-state index in [0.29, 0.717) is 5.25 Å². The van der Waals surface area contributed by atoms with Crippen molar-refractivity contribution in [1.82, 2.24) is 5.32 Å². The fourth-order valence-corrected chi connectivity index (χ4v) is 3.48. The Morgan fingerprint density at radius 2 is 2.16 bits per heavy atom. The molecular formula is C15H21ClN2S. The highest BCUT2D eigenvalue weighted by Gasteiger charge is 2.25. The molecule has 0 heterocycles. The summed E-state index contributed by atoms with van der Waals surface area (Å²) in [5.74, 6) is 0.883. The number of nitriles is 1. The fourth-order valence-electron chi connectivity index (χ4n) is 2.03. The first-order chi connectivity index (χ1) is 9.00. The smallest absolute Gasteiger partial charge is 0.104 e. The Morgan fingerprint density at radius 3 is 2.74 bits per heavy atom. The van der Waals surface area contributed by atoms with Crippen LogP contribution >= 0.6 is 23.4 Å². The molecule has 0 radical (unpaired) electrons. The van der Waals surface area contributed by atoms with E-state index in [4.69, 9.17) is 11.6 Å². The molecule has 1 aromatic rings. The van der Waals surface area contributed by atoms with Gasteiger partial charge in [-0.05, 0) is 31.5 Å². The van der Waals surface area contributed by atoms with E-state index in [1.54, 1.807) is 0 Å². The van der Waals surface area contributed by atoms with Gasteiger partial charge in [0.2, 0.25) is 0 Å². The number of halogens is 1. The van der Waals surface area contributed by atoms with Gasteiger partial charge in [0, 0.05) is 16.0 Å². The highest BCUT2D eigenvalue weighted by atomic mass is 35.5. The Bertz CT molecular complexity index is 444. The number of rotatable bonds is 7. The first-order valence-corrected chi connectivity index (χ1v) is 7.94. The first-order valence-electron chi connectivity index (χ1n) is 6.52. The van der Waals surface area contributed by atoms with Crippen LogP contribution in [0.3, 0.4) is 0 Å². The lowest BCUT2D eigenvalue weighted by Crippen LogP contribution is -2.42. The molecule has 0 aliphatic carbocycles. The van der Waals surface area contributed by atoms with Gasteiger partial charge in [-0.25, -0.2) is 0 Å². The topological polar surface area (TPSA) is 35.8 Å². The van der Waals surface area contributed by atoms with Crippen LogP contribution in [0.25, 0.3) is 0 Å². The monoisotopic (exact) mass is 296 g/mol. The van der Waals surface area contributed by atoms with E-state index >= 15 is 0 Å². The molecule has 0 aromatic heterocycles. The summed E-state index contributed by atoms with van der Waals surface area (Å²) in [6, 6.07) is 10.3. The highest BCUT2D eigenvalue weighted by molar-refractivity contribution is 7.99. The summed E-state index contributed by atoms with van der Waals surface area (Å²) in [7, 11) is 0. The Morgan fingerprint density at radius 1 is 1.47 bits per heavy atom. The van der Waals surface area contributed by atoms with E-state index < -0.39 is 5.54 Å². The molecule has 2 atom stereocenters. The summed E-state index contributed by atoms with van der Waals surface area (Å²) in [4.78, 5) is 0. The van der Waals surface area contributed by atoms with E-state index in [-0.39, 0.29) is 0 Å². The third-order valence-electron chi connectivity index (χ3n) is 2.99. The summed E-state index contributed by atoms with van der Waals surface area (Å²) in [5.41, 5.74) is 0.713. The Labute approximate surface area is 125 Å². The zero-order chi connectivity index (χ0) is 14.3. The van der Waals surface area contributed by atoms with Crippen molar-refractivity contribution in [3.05, 3.63) is 34.9 Å². The van der Waals surface area contributed by atoms with Gasteiger partial charge < -0.3 is 0 Å². The standard InChI is InChI=1S/C15H21ClN2S/c1-4-18-15(3,11-17)9-12(2)19-10-13-7-5-6-8-14(13)16/h5-8,12,18H,4,9-10H2,1-3H3. The number of hydrogen-bond acceptors (Lipinski definition) is 3. The van der Waals surface area contributed by atoms with Crippen molar-refractivity contribution in [2.75, 3.05) is 6.54 Å². The van der Waals surface area contributed by atoms with Crippen molar-refractivity contribution in [3.8, 4) is 6.07 Å². The molecule has 0 amide bonds. The van der Waals surface area contributed by atoms with E-state index in [2.05, 4.69) is 24.4 Å². The molecule has 2 nitrogen and oxygen atoms in total. The van der Waals surface area contributed by atoms with Crippen molar-refractivity contribution in [1.29, 1.82) is 5.26 Å². The number of benzene rings is 1. The molecule has 0 bridgehead atoms.